The number of halogens is 1. The quantitative estimate of drug-likeness (QED) is 0.772. The minimum atomic E-state index is 0.236. The second-order valence-corrected chi connectivity index (χ2v) is 6.87. The molecule has 0 unspecified atom stereocenters. The van der Waals surface area contributed by atoms with E-state index in [0.717, 1.165) is 42.8 Å². The summed E-state index contributed by atoms with van der Waals surface area (Å²) in [6, 6.07) is 8.48. The highest BCUT2D eigenvalue weighted by Crippen LogP contribution is 2.25. The lowest BCUT2D eigenvalue weighted by atomic mass is 10.1. The number of aromatic nitrogens is 1. The van der Waals surface area contributed by atoms with E-state index in [4.69, 9.17) is 4.98 Å². The first-order valence-electron chi connectivity index (χ1n) is 8.06. The van der Waals surface area contributed by atoms with E-state index in [1.165, 1.54) is 16.5 Å². The summed E-state index contributed by atoms with van der Waals surface area (Å²) in [5.74, 6) is 1.26. The summed E-state index contributed by atoms with van der Waals surface area (Å²) < 4.78 is 0. The number of hydrogen-bond donors (Lipinski definition) is 0. The van der Waals surface area contributed by atoms with Gasteiger partial charge in [-0.3, -0.25) is 4.79 Å². The number of para-hydroxylation sites is 1. The summed E-state index contributed by atoms with van der Waals surface area (Å²) in [6.07, 6.45) is 0.576. The van der Waals surface area contributed by atoms with Crippen LogP contribution in [-0.2, 0) is 4.79 Å². The number of alkyl halides is 1. The van der Waals surface area contributed by atoms with Gasteiger partial charge in [0.15, 0.2) is 0 Å². The van der Waals surface area contributed by atoms with Gasteiger partial charge in [0.05, 0.1) is 5.52 Å². The lowest BCUT2D eigenvalue weighted by Gasteiger charge is -2.35. The Bertz CT molecular complexity index is 724. The molecule has 0 bridgehead atoms. The Morgan fingerprint density at radius 3 is 2.61 bits per heavy atom. The monoisotopic (exact) mass is 375 g/mol. The van der Waals surface area contributed by atoms with Crippen LogP contribution in [0.1, 0.15) is 17.5 Å². The third-order valence-corrected chi connectivity index (χ3v) is 4.90. The Balaban J connectivity index is 1.80. The molecule has 4 nitrogen and oxygen atoms in total. The van der Waals surface area contributed by atoms with E-state index in [0.29, 0.717) is 6.42 Å². The van der Waals surface area contributed by atoms with Crippen molar-refractivity contribution >= 4 is 38.6 Å². The molecule has 3 rings (SSSR count). The van der Waals surface area contributed by atoms with Crippen molar-refractivity contribution in [3.63, 3.8) is 0 Å². The van der Waals surface area contributed by atoms with Crippen molar-refractivity contribution in [2.75, 3.05) is 36.4 Å². The van der Waals surface area contributed by atoms with Crippen molar-refractivity contribution in [3.8, 4) is 0 Å². The van der Waals surface area contributed by atoms with Crippen LogP contribution in [0.2, 0.25) is 0 Å². The van der Waals surface area contributed by atoms with Crippen molar-refractivity contribution < 1.29 is 4.79 Å². The Hall–Kier alpha value is -1.62. The number of aryl methyl sites for hydroxylation is 2. The smallest absolute Gasteiger partial charge is 0.223 e. The van der Waals surface area contributed by atoms with Crippen molar-refractivity contribution in [2.45, 2.75) is 20.3 Å². The molecule has 2 aromatic rings. The van der Waals surface area contributed by atoms with Crippen LogP contribution >= 0.6 is 15.9 Å². The van der Waals surface area contributed by atoms with Crippen LogP contribution in [-0.4, -0.2) is 47.3 Å². The van der Waals surface area contributed by atoms with E-state index < -0.39 is 0 Å². The van der Waals surface area contributed by atoms with Gasteiger partial charge in [-0.15, -0.1) is 0 Å². The zero-order valence-electron chi connectivity index (χ0n) is 13.7. The minimum absolute atomic E-state index is 0.236. The van der Waals surface area contributed by atoms with Gasteiger partial charge in [-0.05, 0) is 31.0 Å². The van der Waals surface area contributed by atoms with Gasteiger partial charge in [0.25, 0.3) is 0 Å². The minimum Gasteiger partial charge on any atom is -0.353 e. The molecule has 1 fully saturated rings. The molecule has 23 heavy (non-hydrogen) atoms. The van der Waals surface area contributed by atoms with E-state index >= 15 is 0 Å². The molecule has 1 amide bonds. The lowest BCUT2D eigenvalue weighted by molar-refractivity contribution is -0.131. The van der Waals surface area contributed by atoms with Crippen LogP contribution in [0.15, 0.2) is 24.3 Å². The number of hydrogen-bond acceptors (Lipinski definition) is 3. The third-order valence-electron chi connectivity index (χ3n) is 4.50. The van der Waals surface area contributed by atoms with Crippen molar-refractivity contribution in [1.82, 2.24) is 9.88 Å². The number of anilines is 1. The van der Waals surface area contributed by atoms with Crippen molar-refractivity contribution in [2.24, 2.45) is 0 Å². The molecule has 5 heteroatoms. The van der Waals surface area contributed by atoms with E-state index in [9.17, 15) is 4.79 Å². The van der Waals surface area contributed by atoms with E-state index in [2.05, 4.69) is 58.9 Å². The van der Waals surface area contributed by atoms with Crippen LogP contribution in [0.3, 0.4) is 0 Å². The molecule has 0 spiro atoms. The first-order chi connectivity index (χ1) is 11.1. The second kappa shape index (κ2) is 6.87. The molecule has 1 saturated heterocycles. The summed E-state index contributed by atoms with van der Waals surface area (Å²) in [5.41, 5.74) is 3.55. The lowest BCUT2D eigenvalue weighted by Crippen LogP contribution is -2.49. The highest BCUT2D eigenvalue weighted by Gasteiger charge is 2.22. The standard InChI is InChI=1S/C18H22BrN3O/c1-13-4-3-5-15-14(2)12-16(20-18(13)15)21-8-10-22(11-9-21)17(23)6-7-19/h3-5,12H,6-11H2,1-2H3. The number of fused-ring (bicyclic) bond motifs is 1. The zero-order valence-corrected chi connectivity index (χ0v) is 15.3. The summed E-state index contributed by atoms with van der Waals surface area (Å²) in [5, 5.41) is 1.96. The van der Waals surface area contributed by atoms with Crippen molar-refractivity contribution in [1.29, 1.82) is 0 Å². The number of carbonyl (C=O) groups excluding carboxylic acids is 1. The molecular weight excluding hydrogens is 354 g/mol. The number of carbonyl (C=O) groups is 1. The zero-order chi connectivity index (χ0) is 16.4. The van der Waals surface area contributed by atoms with Gasteiger partial charge < -0.3 is 9.80 Å². The van der Waals surface area contributed by atoms with Gasteiger partial charge >= 0.3 is 0 Å². The predicted octanol–water partition coefficient (Wildman–Crippen LogP) is 3.29. The predicted molar refractivity (Wildman–Crippen MR) is 98.4 cm³/mol. The molecule has 122 valence electrons. The Labute approximate surface area is 145 Å². The topological polar surface area (TPSA) is 36.4 Å². The fourth-order valence-electron chi connectivity index (χ4n) is 3.13. The van der Waals surface area contributed by atoms with Crippen LogP contribution in [0.5, 0.6) is 0 Å². The molecule has 0 atom stereocenters. The molecule has 0 radical (unpaired) electrons. The van der Waals surface area contributed by atoms with E-state index in [1.807, 2.05) is 4.90 Å². The van der Waals surface area contributed by atoms with Gasteiger partial charge in [0.1, 0.15) is 5.82 Å². The average molecular weight is 376 g/mol. The fourth-order valence-corrected chi connectivity index (χ4v) is 3.47. The van der Waals surface area contributed by atoms with Gasteiger partial charge in [0.2, 0.25) is 5.91 Å². The number of piperazine rings is 1. The largest absolute Gasteiger partial charge is 0.353 e. The number of benzene rings is 1. The Morgan fingerprint density at radius 1 is 1.17 bits per heavy atom. The maximum Gasteiger partial charge on any atom is 0.223 e. The van der Waals surface area contributed by atoms with Crippen LogP contribution in [0.25, 0.3) is 10.9 Å². The van der Waals surface area contributed by atoms with Gasteiger partial charge in [-0.2, -0.15) is 0 Å². The Kier molecular flexibility index (Phi) is 4.85. The SMILES string of the molecule is Cc1cc(N2CCN(C(=O)CCBr)CC2)nc2c(C)cccc12. The molecule has 0 N–H and O–H groups in total. The molecule has 1 aromatic carbocycles. The fraction of sp³-hybridized carbons (Fsp3) is 0.444. The number of rotatable bonds is 3. The maximum absolute atomic E-state index is 12.0. The highest BCUT2D eigenvalue weighted by atomic mass is 79.9. The normalized spacial score (nSPS) is 15.3. The average Bonchev–Trinajstić information content (AvgIpc) is 2.56. The van der Waals surface area contributed by atoms with E-state index in [-0.39, 0.29) is 5.91 Å². The van der Waals surface area contributed by atoms with Crippen molar-refractivity contribution in [3.05, 3.63) is 35.4 Å². The van der Waals surface area contributed by atoms with Crippen LogP contribution in [0, 0.1) is 13.8 Å². The van der Waals surface area contributed by atoms with Gasteiger partial charge in [0, 0.05) is 43.3 Å². The first-order valence-corrected chi connectivity index (χ1v) is 9.18. The van der Waals surface area contributed by atoms with Crippen LogP contribution in [0.4, 0.5) is 5.82 Å². The summed E-state index contributed by atoms with van der Waals surface area (Å²) in [7, 11) is 0. The van der Waals surface area contributed by atoms with Gasteiger partial charge in [-0.1, -0.05) is 34.1 Å². The number of nitrogens with zero attached hydrogens (tertiary/aromatic N) is 3. The highest BCUT2D eigenvalue weighted by molar-refractivity contribution is 9.09. The second-order valence-electron chi connectivity index (χ2n) is 6.08. The van der Waals surface area contributed by atoms with Gasteiger partial charge in [-0.25, -0.2) is 4.98 Å². The van der Waals surface area contributed by atoms with Crippen LogP contribution < -0.4 is 4.90 Å². The summed E-state index contributed by atoms with van der Waals surface area (Å²) >= 11 is 3.33. The first kappa shape index (κ1) is 16.2. The molecule has 0 saturated carbocycles. The number of amides is 1. The molecule has 2 heterocycles. The summed E-state index contributed by atoms with van der Waals surface area (Å²) in [6.45, 7) is 7.49. The summed E-state index contributed by atoms with van der Waals surface area (Å²) in [4.78, 5) is 21.1. The molecule has 1 aromatic heterocycles. The Morgan fingerprint density at radius 2 is 1.91 bits per heavy atom. The van der Waals surface area contributed by atoms with E-state index in [1.54, 1.807) is 0 Å². The maximum atomic E-state index is 12.0. The third kappa shape index (κ3) is 3.34. The molecular formula is C18H22BrN3O. The molecule has 1 aliphatic rings. The number of pyridine rings is 1. The molecule has 0 aliphatic carbocycles. The molecule has 1 aliphatic heterocycles.